The van der Waals surface area contributed by atoms with Gasteiger partial charge >= 0.3 is 0 Å². The maximum Gasteiger partial charge on any atom is 0.234 e. The Bertz CT molecular complexity index is 597. The van der Waals surface area contributed by atoms with E-state index in [1.54, 1.807) is 12.3 Å². The first kappa shape index (κ1) is 17.4. The molecule has 2 rings (SSSR count). The number of aromatic nitrogens is 1. The molecule has 0 aliphatic carbocycles. The van der Waals surface area contributed by atoms with Crippen molar-refractivity contribution >= 4 is 33.6 Å². The first-order chi connectivity index (χ1) is 11.1. The molecule has 1 aromatic heterocycles. The lowest BCUT2D eigenvalue weighted by atomic mass is 9.97. The fourth-order valence-corrected chi connectivity index (χ4v) is 2.73. The molecule has 6 nitrogen and oxygen atoms in total. The van der Waals surface area contributed by atoms with Crippen molar-refractivity contribution in [1.29, 1.82) is 0 Å². The Morgan fingerprint density at radius 2 is 2.30 bits per heavy atom. The Hall–Kier alpha value is -1.91. The van der Waals surface area contributed by atoms with E-state index in [9.17, 15) is 9.59 Å². The normalized spacial score (nSPS) is 18.0. The molecule has 1 aliphatic rings. The van der Waals surface area contributed by atoms with E-state index in [2.05, 4.69) is 37.5 Å². The van der Waals surface area contributed by atoms with Gasteiger partial charge < -0.3 is 10.6 Å². The molecule has 122 valence electrons. The maximum atomic E-state index is 12.3. The van der Waals surface area contributed by atoms with Gasteiger partial charge in [0.2, 0.25) is 11.8 Å². The molecule has 2 heterocycles. The highest BCUT2D eigenvalue weighted by Crippen LogP contribution is 2.18. The van der Waals surface area contributed by atoms with Crippen LogP contribution in [0.2, 0.25) is 0 Å². The van der Waals surface area contributed by atoms with Gasteiger partial charge in [0.1, 0.15) is 5.82 Å². The molecular formula is C16H19BrN4O2. The van der Waals surface area contributed by atoms with Crippen LogP contribution in [0, 0.1) is 18.3 Å². The van der Waals surface area contributed by atoms with E-state index in [1.807, 2.05) is 11.0 Å². The van der Waals surface area contributed by atoms with E-state index in [1.165, 1.54) is 0 Å². The number of likely N-dealkylation sites (tertiary alicyclic amines) is 1. The largest absolute Gasteiger partial charge is 0.344 e. The molecular weight excluding hydrogens is 360 g/mol. The second-order valence-electron chi connectivity index (χ2n) is 5.41. The summed E-state index contributed by atoms with van der Waals surface area (Å²) >= 11 is 3.30. The van der Waals surface area contributed by atoms with Gasteiger partial charge in [-0.05, 0) is 47.4 Å². The van der Waals surface area contributed by atoms with Crippen LogP contribution in [-0.2, 0) is 9.59 Å². The highest BCUT2D eigenvalue weighted by atomic mass is 79.9. The highest BCUT2D eigenvalue weighted by Gasteiger charge is 2.26. The fraction of sp³-hybridized carbons (Fsp3) is 0.438. The minimum atomic E-state index is -0.144. The third-order valence-electron chi connectivity index (χ3n) is 3.61. The van der Waals surface area contributed by atoms with Gasteiger partial charge in [0.05, 0.1) is 19.0 Å². The quantitative estimate of drug-likeness (QED) is 0.756. The number of pyridine rings is 1. The average molecular weight is 379 g/mol. The number of hydrogen-bond acceptors (Lipinski definition) is 4. The van der Waals surface area contributed by atoms with E-state index >= 15 is 0 Å². The first-order valence-electron chi connectivity index (χ1n) is 7.43. The molecule has 0 radical (unpaired) electrons. The minimum absolute atomic E-state index is 0.0615. The molecule has 1 fully saturated rings. The van der Waals surface area contributed by atoms with Crippen LogP contribution in [0.4, 0.5) is 5.82 Å². The van der Waals surface area contributed by atoms with Gasteiger partial charge in [0, 0.05) is 17.2 Å². The number of carbonyl (C=O) groups excluding carboxylic acids is 2. The van der Waals surface area contributed by atoms with Crippen molar-refractivity contribution < 1.29 is 9.59 Å². The van der Waals surface area contributed by atoms with E-state index < -0.39 is 0 Å². The molecule has 0 spiro atoms. The van der Waals surface area contributed by atoms with Crippen LogP contribution in [0.5, 0.6) is 0 Å². The monoisotopic (exact) mass is 378 g/mol. The van der Waals surface area contributed by atoms with Gasteiger partial charge in [0.25, 0.3) is 0 Å². The summed E-state index contributed by atoms with van der Waals surface area (Å²) < 4.78 is 0.859. The van der Waals surface area contributed by atoms with Crippen molar-refractivity contribution in [2.75, 3.05) is 31.5 Å². The fourth-order valence-electron chi connectivity index (χ4n) is 2.50. The topological polar surface area (TPSA) is 74.3 Å². The molecule has 2 N–H and O–H groups in total. The molecule has 23 heavy (non-hydrogen) atoms. The summed E-state index contributed by atoms with van der Waals surface area (Å²) in [5.41, 5.74) is 0. The summed E-state index contributed by atoms with van der Waals surface area (Å²) in [4.78, 5) is 30.2. The number of piperidine rings is 1. The number of carbonyl (C=O) groups is 2. The lowest BCUT2D eigenvalue weighted by Gasteiger charge is -2.31. The van der Waals surface area contributed by atoms with Gasteiger partial charge in [-0.15, -0.1) is 6.42 Å². The SMILES string of the molecule is C#CCNC(=O)CN1CCC[C@H](C(=O)Nc2ccc(Br)cn2)C1. The summed E-state index contributed by atoms with van der Waals surface area (Å²) in [6, 6.07) is 3.57. The van der Waals surface area contributed by atoms with Gasteiger partial charge in [-0.25, -0.2) is 4.98 Å². The van der Waals surface area contributed by atoms with Gasteiger partial charge in [-0.2, -0.15) is 0 Å². The predicted molar refractivity (Wildman–Crippen MR) is 91.6 cm³/mol. The molecule has 0 unspecified atom stereocenters. The Morgan fingerprint density at radius 1 is 1.48 bits per heavy atom. The number of rotatable bonds is 5. The summed E-state index contributed by atoms with van der Waals surface area (Å²) in [5, 5.41) is 5.46. The van der Waals surface area contributed by atoms with Crippen molar-refractivity contribution in [2.45, 2.75) is 12.8 Å². The summed E-state index contributed by atoms with van der Waals surface area (Å²) in [7, 11) is 0. The van der Waals surface area contributed by atoms with Crippen LogP contribution in [0.1, 0.15) is 12.8 Å². The molecule has 1 saturated heterocycles. The van der Waals surface area contributed by atoms with E-state index in [4.69, 9.17) is 6.42 Å². The second kappa shape index (κ2) is 8.65. The van der Waals surface area contributed by atoms with Crippen LogP contribution in [-0.4, -0.2) is 47.9 Å². The van der Waals surface area contributed by atoms with Crippen molar-refractivity contribution in [2.24, 2.45) is 5.92 Å². The molecule has 1 aromatic rings. The Balaban J connectivity index is 1.85. The van der Waals surface area contributed by atoms with Crippen LogP contribution < -0.4 is 10.6 Å². The average Bonchev–Trinajstić information content (AvgIpc) is 2.55. The van der Waals surface area contributed by atoms with Crippen LogP contribution >= 0.6 is 15.9 Å². The highest BCUT2D eigenvalue weighted by molar-refractivity contribution is 9.10. The molecule has 0 saturated carbocycles. The van der Waals surface area contributed by atoms with E-state index in [-0.39, 0.29) is 30.8 Å². The lowest BCUT2D eigenvalue weighted by molar-refractivity contribution is -0.125. The van der Waals surface area contributed by atoms with Gasteiger partial charge in [0.15, 0.2) is 0 Å². The standard InChI is InChI=1S/C16H19BrN4O2/c1-2-7-18-15(22)11-21-8-3-4-12(10-21)16(23)20-14-6-5-13(17)9-19-14/h1,5-6,9,12H,3-4,7-8,10-11H2,(H,18,22)(H,19,20,23)/t12-/m0/s1. The minimum Gasteiger partial charge on any atom is -0.344 e. The summed E-state index contributed by atoms with van der Waals surface area (Å²) in [6.45, 7) is 1.86. The zero-order chi connectivity index (χ0) is 16.7. The molecule has 0 bridgehead atoms. The number of nitrogens with zero attached hydrogens (tertiary/aromatic N) is 2. The molecule has 7 heteroatoms. The Morgan fingerprint density at radius 3 is 3.00 bits per heavy atom. The zero-order valence-corrected chi connectivity index (χ0v) is 14.3. The second-order valence-corrected chi connectivity index (χ2v) is 6.32. The third kappa shape index (κ3) is 5.66. The zero-order valence-electron chi connectivity index (χ0n) is 12.7. The smallest absolute Gasteiger partial charge is 0.234 e. The molecule has 1 aliphatic heterocycles. The van der Waals surface area contributed by atoms with Crippen molar-refractivity contribution in [3.05, 3.63) is 22.8 Å². The molecule has 1 atom stereocenters. The lowest BCUT2D eigenvalue weighted by Crippen LogP contribution is -2.45. The summed E-state index contributed by atoms with van der Waals surface area (Å²) in [5.74, 6) is 2.58. The Kier molecular flexibility index (Phi) is 6.56. The number of amides is 2. The van der Waals surface area contributed by atoms with Gasteiger partial charge in [-0.3, -0.25) is 14.5 Å². The van der Waals surface area contributed by atoms with E-state index in [0.29, 0.717) is 12.4 Å². The van der Waals surface area contributed by atoms with Crippen molar-refractivity contribution in [3.8, 4) is 12.3 Å². The maximum absolute atomic E-state index is 12.3. The molecule has 0 aromatic carbocycles. The predicted octanol–water partition coefficient (Wildman–Crippen LogP) is 1.24. The summed E-state index contributed by atoms with van der Waals surface area (Å²) in [6.07, 6.45) is 8.45. The van der Waals surface area contributed by atoms with Crippen LogP contribution in [0.15, 0.2) is 22.8 Å². The number of halogens is 1. The Labute approximate surface area is 144 Å². The third-order valence-corrected chi connectivity index (χ3v) is 4.08. The van der Waals surface area contributed by atoms with E-state index in [0.717, 1.165) is 23.9 Å². The van der Waals surface area contributed by atoms with Crippen LogP contribution in [0.25, 0.3) is 0 Å². The first-order valence-corrected chi connectivity index (χ1v) is 8.22. The van der Waals surface area contributed by atoms with Gasteiger partial charge in [-0.1, -0.05) is 5.92 Å². The van der Waals surface area contributed by atoms with Crippen molar-refractivity contribution in [1.82, 2.24) is 15.2 Å². The number of hydrogen-bond donors (Lipinski definition) is 2. The number of terminal acetylenes is 1. The molecule has 2 amide bonds. The number of nitrogens with one attached hydrogen (secondary N) is 2. The number of anilines is 1. The van der Waals surface area contributed by atoms with Crippen molar-refractivity contribution in [3.63, 3.8) is 0 Å². The van der Waals surface area contributed by atoms with Crippen LogP contribution in [0.3, 0.4) is 0 Å².